The van der Waals surface area contributed by atoms with Gasteiger partial charge in [0.1, 0.15) is 24.7 Å². The number of thiophene rings is 1. The molecule has 1 atom stereocenters. The molecule has 2 heterocycles. The van der Waals surface area contributed by atoms with Crippen LogP contribution in [0.25, 0.3) is 0 Å². The van der Waals surface area contributed by atoms with E-state index in [1.807, 2.05) is 24.0 Å². The molecule has 2 amide bonds. The second kappa shape index (κ2) is 10.3. The highest BCUT2D eigenvalue weighted by Crippen LogP contribution is 2.35. The maximum Gasteiger partial charge on any atom is 0.254 e. The fourth-order valence-corrected chi connectivity index (χ4v) is 5.82. The molecule has 1 fully saturated rings. The summed E-state index contributed by atoms with van der Waals surface area (Å²) in [5.74, 6) is 1.40. The molecule has 188 valence electrons. The predicted octanol–water partition coefficient (Wildman–Crippen LogP) is 5.18. The Balaban J connectivity index is 1.34. The number of benzene rings is 2. The smallest absolute Gasteiger partial charge is 0.254 e. The van der Waals surface area contributed by atoms with Gasteiger partial charge in [-0.25, -0.2) is 0 Å². The van der Waals surface area contributed by atoms with E-state index in [1.54, 1.807) is 47.6 Å². The van der Waals surface area contributed by atoms with Gasteiger partial charge >= 0.3 is 0 Å². The Hall–Kier alpha value is -3.32. The van der Waals surface area contributed by atoms with Crippen LogP contribution in [0, 0.1) is 13.8 Å². The topological polar surface area (TPSA) is 59.1 Å². The Morgan fingerprint density at radius 2 is 1.86 bits per heavy atom. The zero-order valence-electron chi connectivity index (χ0n) is 21.0. The summed E-state index contributed by atoms with van der Waals surface area (Å²) in [5, 5.41) is 2.09. The third-order valence-electron chi connectivity index (χ3n) is 7.03. The SMILES string of the molecule is COc1ccc(C(=O)N(CC(=O)N2CCc3sccc3C2COc2ccc(C)cc2C)C2CC2)cc1. The predicted molar refractivity (Wildman–Crippen MR) is 141 cm³/mol. The van der Waals surface area contributed by atoms with E-state index in [4.69, 9.17) is 9.47 Å². The van der Waals surface area contributed by atoms with Crippen molar-refractivity contribution in [3.63, 3.8) is 0 Å². The maximum absolute atomic E-state index is 13.7. The Morgan fingerprint density at radius 1 is 1.08 bits per heavy atom. The fourth-order valence-electron chi connectivity index (χ4n) is 4.89. The molecule has 0 bridgehead atoms. The molecule has 1 aliphatic heterocycles. The van der Waals surface area contributed by atoms with E-state index < -0.39 is 0 Å². The molecule has 2 aromatic carbocycles. The van der Waals surface area contributed by atoms with Crippen molar-refractivity contribution in [2.75, 3.05) is 26.8 Å². The summed E-state index contributed by atoms with van der Waals surface area (Å²) in [6.45, 7) is 5.20. The number of rotatable bonds is 8. The molecule has 3 aromatic rings. The molecule has 0 saturated heterocycles. The van der Waals surface area contributed by atoms with Crippen molar-refractivity contribution in [1.82, 2.24) is 9.80 Å². The van der Waals surface area contributed by atoms with Crippen molar-refractivity contribution >= 4 is 23.2 Å². The van der Waals surface area contributed by atoms with Crippen LogP contribution < -0.4 is 9.47 Å². The molecular formula is C29H32N2O4S. The second-order valence-corrected chi connectivity index (χ2v) is 10.6. The van der Waals surface area contributed by atoms with Crippen molar-refractivity contribution in [3.8, 4) is 11.5 Å². The van der Waals surface area contributed by atoms with E-state index in [2.05, 4.69) is 24.4 Å². The molecule has 0 N–H and O–H groups in total. The summed E-state index contributed by atoms with van der Waals surface area (Å²) in [5.41, 5.74) is 4.00. The molecule has 7 heteroatoms. The molecule has 1 saturated carbocycles. The lowest BCUT2D eigenvalue weighted by Crippen LogP contribution is -2.48. The molecule has 6 nitrogen and oxygen atoms in total. The van der Waals surface area contributed by atoms with Gasteiger partial charge in [-0.1, -0.05) is 17.7 Å². The second-order valence-electron chi connectivity index (χ2n) is 9.62. The number of carbonyl (C=O) groups is 2. The number of fused-ring (bicyclic) bond motifs is 1. The summed E-state index contributed by atoms with van der Waals surface area (Å²) in [6.07, 6.45) is 2.70. The first-order valence-corrected chi connectivity index (χ1v) is 13.3. The maximum atomic E-state index is 13.7. The van der Waals surface area contributed by atoms with Crippen LogP contribution in [0.5, 0.6) is 11.5 Å². The minimum Gasteiger partial charge on any atom is -0.497 e. The number of carbonyl (C=O) groups excluding carboxylic acids is 2. The third-order valence-corrected chi connectivity index (χ3v) is 8.03. The quantitative estimate of drug-likeness (QED) is 0.424. The zero-order valence-corrected chi connectivity index (χ0v) is 21.8. The number of aryl methyl sites for hydroxylation is 2. The fraction of sp³-hybridized carbons (Fsp3) is 0.379. The molecule has 5 rings (SSSR count). The summed E-state index contributed by atoms with van der Waals surface area (Å²) >= 11 is 1.74. The van der Waals surface area contributed by atoms with Gasteiger partial charge in [-0.05, 0) is 86.0 Å². The highest BCUT2D eigenvalue weighted by Gasteiger charge is 2.38. The first-order chi connectivity index (χ1) is 17.4. The zero-order chi connectivity index (χ0) is 25.2. The van der Waals surface area contributed by atoms with Crippen LogP contribution in [-0.2, 0) is 11.2 Å². The normalized spacial score (nSPS) is 16.9. The van der Waals surface area contributed by atoms with Gasteiger partial charge in [0.25, 0.3) is 5.91 Å². The third kappa shape index (κ3) is 5.12. The van der Waals surface area contributed by atoms with Crippen LogP contribution >= 0.6 is 11.3 Å². The van der Waals surface area contributed by atoms with Crippen molar-refractivity contribution in [3.05, 3.63) is 81.0 Å². The van der Waals surface area contributed by atoms with Crippen molar-refractivity contribution < 1.29 is 19.1 Å². The van der Waals surface area contributed by atoms with Gasteiger partial charge in [0.2, 0.25) is 5.91 Å². The Labute approximate surface area is 216 Å². The molecular weight excluding hydrogens is 472 g/mol. The van der Waals surface area contributed by atoms with Crippen LogP contribution in [0.4, 0.5) is 0 Å². The molecule has 1 unspecified atom stereocenters. The van der Waals surface area contributed by atoms with E-state index in [9.17, 15) is 9.59 Å². The van der Waals surface area contributed by atoms with E-state index in [0.29, 0.717) is 24.5 Å². The number of nitrogens with zero attached hydrogens (tertiary/aromatic N) is 2. The van der Waals surface area contributed by atoms with Crippen LogP contribution in [-0.4, -0.2) is 54.5 Å². The van der Waals surface area contributed by atoms with Crippen molar-refractivity contribution in [2.45, 2.75) is 45.2 Å². The van der Waals surface area contributed by atoms with Gasteiger partial charge in [-0.3, -0.25) is 9.59 Å². The Kier molecular flexibility index (Phi) is 7.01. The average Bonchev–Trinajstić information content (AvgIpc) is 3.61. The van der Waals surface area contributed by atoms with Gasteiger partial charge in [0.05, 0.1) is 13.2 Å². The standard InChI is InChI=1S/C29H32N2O4S/c1-19-4-11-26(20(2)16-19)35-18-25-24-13-15-36-27(24)12-14-30(25)28(32)17-31(22-7-8-22)29(33)21-5-9-23(34-3)10-6-21/h4-6,9-11,13,15-16,22,25H,7-8,12,14,17-18H2,1-3H3. The number of hydrogen-bond donors (Lipinski definition) is 0. The molecule has 1 aliphatic carbocycles. The minimum absolute atomic E-state index is 0.0326. The average molecular weight is 505 g/mol. The molecule has 2 aliphatic rings. The van der Waals surface area contributed by atoms with Gasteiger partial charge in [-0.15, -0.1) is 11.3 Å². The molecule has 36 heavy (non-hydrogen) atoms. The number of hydrogen-bond acceptors (Lipinski definition) is 5. The van der Waals surface area contributed by atoms with Gasteiger partial charge in [0, 0.05) is 23.0 Å². The minimum atomic E-state index is -0.176. The van der Waals surface area contributed by atoms with E-state index in [0.717, 1.165) is 36.1 Å². The van der Waals surface area contributed by atoms with Crippen LogP contribution in [0.2, 0.25) is 0 Å². The molecule has 0 spiro atoms. The lowest BCUT2D eigenvalue weighted by Gasteiger charge is -2.37. The van der Waals surface area contributed by atoms with Crippen LogP contribution in [0.3, 0.4) is 0 Å². The van der Waals surface area contributed by atoms with Crippen molar-refractivity contribution in [2.24, 2.45) is 0 Å². The summed E-state index contributed by atoms with van der Waals surface area (Å²) < 4.78 is 11.5. The number of ether oxygens (including phenoxy) is 2. The largest absolute Gasteiger partial charge is 0.497 e. The highest BCUT2D eigenvalue weighted by molar-refractivity contribution is 7.10. The van der Waals surface area contributed by atoms with Crippen molar-refractivity contribution in [1.29, 1.82) is 0 Å². The lowest BCUT2D eigenvalue weighted by molar-refractivity contribution is -0.135. The lowest BCUT2D eigenvalue weighted by atomic mass is 10.00. The van der Waals surface area contributed by atoms with E-state index >= 15 is 0 Å². The Morgan fingerprint density at radius 3 is 2.56 bits per heavy atom. The highest BCUT2D eigenvalue weighted by atomic mass is 32.1. The van der Waals surface area contributed by atoms with Crippen LogP contribution in [0.1, 0.15) is 50.8 Å². The Bertz CT molecular complexity index is 1250. The van der Waals surface area contributed by atoms with Gasteiger partial charge in [0.15, 0.2) is 0 Å². The van der Waals surface area contributed by atoms with Crippen LogP contribution in [0.15, 0.2) is 53.9 Å². The van der Waals surface area contributed by atoms with E-state index in [1.165, 1.54) is 10.4 Å². The van der Waals surface area contributed by atoms with Gasteiger partial charge in [-0.2, -0.15) is 0 Å². The van der Waals surface area contributed by atoms with E-state index in [-0.39, 0.29) is 30.4 Å². The molecule has 1 aromatic heterocycles. The first kappa shape index (κ1) is 24.4. The summed E-state index contributed by atoms with van der Waals surface area (Å²) in [7, 11) is 1.60. The number of amides is 2. The van der Waals surface area contributed by atoms with Gasteiger partial charge < -0.3 is 19.3 Å². The monoisotopic (exact) mass is 504 g/mol. The first-order valence-electron chi connectivity index (χ1n) is 12.5. The number of methoxy groups -OCH3 is 1. The summed E-state index contributed by atoms with van der Waals surface area (Å²) in [4.78, 5) is 32.0. The molecule has 0 radical (unpaired) electrons. The summed E-state index contributed by atoms with van der Waals surface area (Å²) in [6, 6.07) is 15.3.